The van der Waals surface area contributed by atoms with Gasteiger partial charge in [0.05, 0.1) is 5.69 Å². The summed E-state index contributed by atoms with van der Waals surface area (Å²) in [5.41, 5.74) is 2.38. The van der Waals surface area contributed by atoms with Crippen molar-refractivity contribution >= 4 is 5.82 Å². The third kappa shape index (κ3) is 3.04. The number of nitriles is 1. The first-order valence-electron chi connectivity index (χ1n) is 5.68. The van der Waals surface area contributed by atoms with E-state index in [9.17, 15) is 0 Å². The number of nitrogens with one attached hydrogen (secondary N) is 2. The molecule has 2 N–H and O–H groups in total. The van der Waals surface area contributed by atoms with Gasteiger partial charge >= 0.3 is 0 Å². The van der Waals surface area contributed by atoms with Crippen LogP contribution in [0.2, 0.25) is 0 Å². The Kier molecular flexibility index (Phi) is 3.53. The van der Waals surface area contributed by atoms with Gasteiger partial charge in [-0.2, -0.15) is 10.4 Å². The zero-order valence-electron chi connectivity index (χ0n) is 10.3. The second-order valence-corrected chi connectivity index (χ2v) is 4.21. The minimum atomic E-state index is 0.190. The van der Waals surface area contributed by atoms with E-state index < -0.39 is 0 Å². The third-order valence-corrected chi connectivity index (χ3v) is 2.45. The van der Waals surface area contributed by atoms with E-state index in [2.05, 4.69) is 25.7 Å². The maximum atomic E-state index is 8.62. The van der Waals surface area contributed by atoms with Crippen LogP contribution in [0, 0.1) is 18.3 Å². The van der Waals surface area contributed by atoms with Crippen LogP contribution in [0.15, 0.2) is 18.2 Å². The Labute approximate surface area is 105 Å². The quantitative estimate of drug-likeness (QED) is 0.846. The molecular formula is C12H14N6. The lowest BCUT2D eigenvalue weighted by Gasteiger charge is -2.12. The van der Waals surface area contributed by atoms with Gasteiger partial charge in [0, 0.05) is 18.2 Å². The largest absolute Gasteiger partial charge is 0.366 e. The van der Waals surface area contributed by atoms with E-state index >= 15 is 0 Å². The van der Waals surface area contributed by atoms with Crippen molar-refractivity contribution in [1.29, 1.82) is 5.26 Å². The summed E-state index contributed by atoms with van der Waals surface area (Å²) in [5.74, 6) is 0.661. The molecule has 0 saturated heterocycles. The first-order valence-corrected chi connectivity index (χ1v) is 5.68. The van der Waals surface area contributed by atoms with Gasteiger partial charge in [0.15, 0.2) is 5.69 Å². The smallest absolute Gasteiger partial charge is 0.163 e. The van der Waals surface area contributed by atoms with E-state index in [1.54, 1.807) is 12.1 Å². The second-order valence-electron chi connectivity index (χ2n) is 4.21. The van der Waals surface area contributed by atoms with E-state index in [0.29, 0.717) is 11.5 Å². The number of aryl methyl sites for hydroxylation is 1. The number of rotatable bonds is 4. The van der Waals surface area contributed by atoms with Crippen molar-refractivity contribution in [2.75, 3.05) is 5.32 Å². The highest BCUT2D eigenvalue weighted by Gasteiger charge is 2.07. The molecule has 0 amide bonds. The molecular weight excluding hydrogens is 228 g/mol. The normalized spacial score (nSPS) is 11.8. The average Bonchev–Trinajstić information content (AvgIpc) is 2.75. The summed E-state index contributed by atoms with van der Waals surface area (Å²) in [6, 6.07) is 7.53. The number of aromatic nitrogens is 4. The Hall–Kier alpha value is -2.42. The summed E-state index contributed by atoms with van der Waals surface area (Å²) >= 11 is 0. The fourth-order valence-corrected chi connectivity index (χ4v) is 1.67. The summed E-state index contributed by atoms with van der Waals surface area (Å²) in [4.78, 5) is 0. The number of H-pyrrole nitrogens is 1. The van der Waals surface area contributed by atoms with Gasteiger partial charge in [0.25, 0.3) is 0 Å². The van der Waals surface area contributed by atoms with Gasteiger partial charge < -0.3 is 5.32 Å². The molecule has 2 rings (SSSR count). The van der Waals surface area contributed by atoms with Crippen LogP contribution in [0.3, 0.4) is 0 Å². The summed E-state index contributed by atoms with van der Waals surface area (Å²) in [7, 11) is 0. The molecule has 2 heterocycles. The monoisotopic (exact) mass is 242 g/mol. The number of nitrogens with zero attached hydrogens (tertiary/aromatic N) is 4. The number of anilines is 1. The van der Waals surface area contributed by atoms with E-state index in [1.807, 2.05) is 26.0 Å². The highest BCUT2D eigenvalue weighted by Crippen LogP contribution is 2.07. The molecule has 0 spiro atoms. The Morgan fingerprint density at radius 1 is 1.44 bits per heavy atom. The summed E-state index contributed by atoms with van der Waals surface area (Å²) < 4.78 is 0. The molecule has 2 aromatic heterocycles. The van der Waals surface area contributed by atoms with Crippen molar-refractivity contribution in [3.05, 3.63) is 35.3 Å². The van der Waals surface area contributed by atoms with Gasteiger partial charge in [-0.1, -0.05) is 0 Å². The lowest BCUT2D eigenvalue weighted by atomic mass is 10.2. The molecule has 1 atom stereocenters. The average molecular weight is 242 g/mol. The predicted octanol–water partition coefficient (Wildman–Crippen LogP) is 1.42. The van der Waals surface area contributed by atoms with Crippen molar-refractivity contribution < 1.29 is 0 Å². The number of aromatic amines is 1. The van der Waals surface area contributed by atoms with E-state index in [0.717, 1.165) is 17.8 Å². The topological polar surface area (TPSA) is 90.3 Å². The van der Waals surface area contributed by atoms with Crippen molar-refractivity contribution in [1.82, 2.24) is 20.4 Å². The maximum absolute atomic E-state index is 8.62. The second kappa shape index (κ2) is 5.27. The van der Waals surface area contributed by atoms with E-state index in [1.165, 1.54) is 0 Å². The summed E-state index contributed by atoms with van der Waals surface area (Å²) in [5, 5.41) is 26.6. The van der Waals surface area contributed by atoms with Gasteiger partial charge in [-0.05, 0) is 32.0 Å². The summed E-state index contributed by atoms with van der Waals surface area (Å²) in [6.07, 6.45) is 0.798. The van der Waals surface area contributed by atoms with Crippen LogP contribution in [-0.2, 0) is 6.42 Å². The highest BCUT2D eigenvalue weighted by molar-refractivity contribution is 5.36. The van der Waals surface area contributed by atoms with Gasteiger partial charge in [-0.15, -0.1) is 10.2 Å². The molecule has 18 heavy (non-hydrogen) atoms. The van der Waals surface area contributed by atoms with Crippen LogP contribution >= 0.6 is 0 Å². The molecule has 6 heteroatoms. The molecule has 0 bridgehead atoms. The minimum absolute atomic E-state index is 0.190. The Morgan fingerprint density at radius 3 is 2.83 bits per heavy atom. The molecule has 2 aromatic rings. The molecule has 0 aliphatic carbocycles. The van der Waals surface area contributed by atoms with Gasteiger partial charge in [-0.3, -0.25) is 5.10 Å². The first-order chi connectivity index (χ1) is 8.67. The maximum Gasteiger partial charge on any atom is 0.163 e. The zero-order chi connectivity index (χ0) is 13.0. The molecule has 6 nitrogen and oxygen atoms in total. The molecule has 0 aromatic carbocycles. The zero-order valence-corrected chi connectivity index (χ0v) is 10.3. The van der Waals surface area contributed by atoms with Crippen molar-refractivity contribution in [2.24, 2.45) is 0 Å². The fraction of sp³-hybridized carbons (Fsp3) is 0.333. The van der Waals surface area contributed by atoms with Crippen molar-refractivity contribution in [3.63, 3.8) is 0 Å². The highest BCUT2D eigenvalue weighted by atomic mass is 15.2. The molecule has 0 radical (unpaired) electrons. The van der Waals surface area contributed by atoms with Crippen LogP contribution in [0.1, 0.15) is 24.0 Å². The molecule has 0 aliphatic rings. The van der Waals surface area contributed by atoms with E-state index in [4.69, 9.17) is 5.26 Å². The van der Waals surface area contributed by atoms with Crippen molar-refractivity contribution in [3.8, 4) is 6.07 Å². The molecule has 1 unspecified atom stereocenters. The fourth-order valence-electron chi connectivity index (χ4n) is 1.67. The molecule has 92 valence electrons. The van der Waals surface area contributed by atoms with Crippen LogP contribution in [-0.4, -0.2) is 26.4 Å². The SMILES string of the molecule is Cc1cc(CC(C)Nc2ccc(C#N)nn2)n[nH]1. The first kappa shape index (κ1) is 12.0. The van der Waals surface area contributed by atoms with Crippen molar-refractivity contribution in [2.45, 2.75) is 26.3 Å². The number of hydrogen-bond donors (Lipinski definition) is 2. The lowest BCUT2D eigenvalue weighted by Crippen LogP contribution is -2.19. The van der Waals surface area contributed by atoms with Gasteiger partial charge in [-0.25, -0.2) is 0 Å². The Balaban J connectivity index is 1.94. The standard InChI is InChI=1S/C12H14N6/c1-8(5-11-6-9(2)15-17-11)14-12-4-3-10(7-13)16-18-12/h3-4,6,8H,5H2,1-2H3,(H,14,18)(H,15,17). The Morgan fingerprint density at radius 2 is 2.28 bits per heavy atom. The van der Waals surface area contributed by atoms with Crippen LogP contribution < -0.4 is 5.32 Å². The Bertz CT molecular complexity index is 551. The predicted molar refractivity (Wildman–Crippen MR) is 66.9 cm³/mol. The van der Waals surface area contributed by atoms with Gasteiger partial charge in [0.1, 0.15) is 11.9 Å². The minimum Gasteiger partial charge on any atom is -0.366 e. The summed E-state index contributed by atoms with van der Waals surface area (Å²) in [6.45, 7) is 4.02. The van der Waals surface area contributed by atoms with Crippen LogP contribution in [0.4, 0.5) is 5.82 Å². The lowest BCUT2D eigenvalue weighted by molar-refractivity contribution is 0.755. The molecule has 0 aliphatic heterocycles. The third-order valence-electron chi connectivity index (χ3n) is 2.45. The van der Waals surface area contributed by atoms with Crippen LogP contribution in [0.5, 0.6) is 0 Å². The van der Waals surface area contributed by atoms with Gasteiger partial charge in [0.2, 0.25) is 0 Å². The van der Waals surface area contributed by atoms with E-state index in [-0.39, 0.29) is 6.04 Å². The molecule has 0 fully saturated rings. The van der Waals surface area contributed by atoms with Crippen LogP contribution in [0.25, 0.3) is 0 Å². The molecule has 0 saturated carbocycles. The number of hydrogen-bond acceptors (Lipinski definition) is 5.